The molecule has 1 amide bonds. The van der Waals surface area contributed by atoms with Crippen LogP contribution in [0.3, 0.4) is 0 Å². The molecule has 1 aliphatic heterocycles. The van der Waals surface area contributed by atoms with Crippen molar-refractivity contribution in [3.63, 3.8) is 0 Å². The summed E-state index contributed by atoms with van der Waals surface area (Å²) < 4.78 is 0. The average Bonchev–Trinajstić information content (AvgIpc) is 3.42. The Hall–Kier alpha value is -2.79. The fourth-order valence-corrected chi connectivity index (χ4v) is 3.48. The van der Waals surface area contributed by atoms with Gasteiger partial charge in [-0.2, -0.15) is 0 Å². The summed E-state index contributed by atoms with van der Waals surface area (Å²) in [6, 6.07) is 15.2. The molecule has 2 aliphatic rings. The second kappa shape index (κ2) is 5.63. The van der Waals surface area contributed by atoms with Gasteiger partial charge in [-0.25, -0.2) is 0 Å². The zero-order chi connectivity index (χ0) is 16.8. The molecule has 1 aliphatic carbocycles. The molecule has 0 saturated heterocycles. The van der Waals surface area contributed by atoms with Crippen LogP contribution in [-0.2, 0) is 6.54 Å². The van der Waals surface area contributed by atoms with Crippen molar-refractivity contribution in [2.45, 2.75) is 25.4 Å². The number of hydrogen-bond donors (Lipinski definition) is 4. The van der Waals surface area contributed by atoms with E-state index in [1.807, 2.05) is 18.2 Å². The van der Waals surface area contributed by atoms with E-state index >= 15 is 0 Å². The standard InChI is InChI=1S/C20H20N4O/c25-20-15-2-1-3-16-17(15)19(22-11-23-20)18(24-16)13-6-4-12(5-7-13)10-21-14-8-9-14/h1-7,14,21-22,24H,8-11H2,(H,23,25). The molecule has 0 unspecified atom stereocenters. The first-order valence-electron chi connectivity index (χ1n) is 8.79. The van der Waals surface area contributed by atoms with Gasteiger partial charge in [0.15, 0.2) is 0 Å². The van der Waals surface area contributed by atoms with E-state index in [0.29, 0.717) is 18.3 Å². The van der Waals surface area contributed by atoms with Crippen LogP contribution in [0.2, 0.25) is 0 Å². The predicted molar refractivity (Wildman–Crippen MR) is 99.6 cm³/mol. The van der Waals surface area contributed by atoms with Crippen LogP contribution in [0.25, 0.3) is 22.2 Å². The largest absolute Gasteiger partial charge is 0.366 e. The number of aromatic nitrogens is 1. The lowest BCUT2D eigenvalue weighted by atomic mass is 10.0. The Morgan fingerprint density at radius 1 is 1.04 bits per heavy atom. The monoisotopic (exact) mass is 332 g/mol. The van der Waals surface area contributed by atoms with Crippen molar-refractivity contribution in [1.82, 2.24) is 15.6 Å². The van der Waals surface area contributed by atoms with Crippen LogP contribution in [0.1, 0.15) is 28.8 Å². The lowest BCUT2D eigenvalue weighted by Gasteiger charge is -2.08. The van der Waals surface area contributed by atoms with Crippen molar-refractivity contribution < 1.29 is 4.79 Å². The molecule has 2 aromatic carbocycles. The number of aromatic amines is 1. The Morgan fingerprint density at radius 3 is 2.68 bits per heavy atom. The summed E-state index contributed by atoms with van der Waals surface area (Å²) in [7, 11) is 0. The molecule has 5 rings (SSSR count). The van der Waals surface area contributed by atoms with Crippen LogP contribution in [0.5, 0.6) is 0 Å². The summed E-state index contributed by atoms with van der Waals surface area (Å²) in [5, 5.41) is 10.7. The first kappa shape index (κ1) is 14.5. The minimum Gasteiger partial charge on any atom is -0.366 e. The highest BCUT2D eigenvalue weighted by Crippen LogP contribution is 2.37. The summed E-state index contributed by atoms with van der Waals surface area (Å²) in [6.45, 7) is 1.35. The van der Waals surface area contributed by atoms with Gasteiger partial charge in [-0.05, 0) is 30.5 Å². The number of hydrogen-bond acceptors (Lipinski definition) is 3. The molecular formula is C20H20N4O. The van der Waals surface area contributed by atoms with Gasteiger partial charge < -0.3 is 20.9 Å². The predicted octanol–water partition coefficient (Wildman–Crippen LogP) is 3.20. The molecular weight excluding hydrogens is 312 g/mol. The average molecular weight is 332 g/mol. The first-order chi connectivity index (χ1) is 12.3. The van der Waals surface area contributed by atoms with Crippen LogP contribution < -0.4 is 16.0 Å². The number of H-pyrrole nitrogens is 1. The molecule has 0 atom stereocenters. The smallest absolute Gasteiger partial charge is 0.253 e. The van der Waals surface area contributed by atoms with Crippen LogP contribution in [0, 0.1) is 0 Å². The third-order valence-corrected chi connectivity index (χ3v) is 5.00. The van der Waals surface area contributed by atoms with Gasteiger partial charge in [-0.1, -0.05) is 30.3 Å². The molecule has 4 N–H and O–H groups in total. The van der Waals surface area contributed by atoms with Gasteiger partial charge in [-0.3, -0.25) is 4.79 Å². The third-order valence-electron chi connectivity index (χ3n) is 5.00. The highest BCUT2D eigenvalue weighted by Gasteiger charge is 2.22. The van der Waals surface area contributed by atoms with Gasteiger partial charge >= 0.3 is 0 Å². The Kier molecular flexibility index (Phi) is 3.28. The van der Waals surface area contributed by atoms with Gasteiger partial charge in [0, 0.05) is 29.1 Å². The van der Waals surface area contributed by atoms with Crippen LogP contribution >= 0.6 is 0 Å². The van der Waals surface area contributed by atoms with Crippen molar-refractivity contribution in [1.29, 1.82) is 0 Å². The van der Waals surface area contributed by atoms with Gasteiger partial charge in [0.2, 0.25) is 0 Å². The number of benzene rings is 2. The number of carbonyl (C=O) groups excluding carboxylic acids is 1. The molecule has 1 fully saturated rings. The lowest BCUT2D eigenvalue weighted by Crippen LogP contribution is -2.26. The molecule has 0 radical (unpaired) electrons. The van der Waals surface area contributed by atoms with E-state index in [4.69, 9.17) is 0 Å². The Balaban J connectivity index is 1.54. The van der Waals surface area contributed by atoms with E-state index in [0.717, 1.165) is 34.4 Å². The zero-order valence-electron chi connectivity index (χ0n) is 13.9. The topological polar surface area (TPSA) is 69.0 Å². The fourth-order valence-electron chi connectivity index (χ4n) is 3.48. The summed E-state index contributed by atoms with van der Waals surface area (Å²) in [5.74, 6) is -0.0381. The molecule has 1 saturated carbocycles. The quantitative estimate of drug-likeness (QED) is 0.593. The number of carbonyl (C=O) groups is 1. The SMILES string of the molecule is O=C1NCNc2c(-c3ccc(CNC4CC4)cc3)[nH]c3cccc1c23. The molecule has 126 valence electrons. The minimum absolute atomic E-state index is 0.0381. The van der Waals surface area contributed by atoms with E-state index in [1.165, 1.54) is 18.4 Å². The van der Waals surface area contributed by atoms with E-state index < -0.39 is 0 Å². The van der Waals surface area contributed by atoms with Crippen LogP contribution in [-0.4, -0.2) is 23.6 Å². The summed E-state index contributed by atoms with van der Waals surface area (Å²) >= 11 is 0. The second-order valence-corrected chi connectivity index (χ2v) is 6.81. The van der Waals surface area contributed by atoms with Gasteiger partial charge in [0.1, 0.15) is 0 Å². The maximum absolute atomic E-state index is 12.2. The summed E-state index contributed by atoms with van der Waals surface area (Å²) in [4.78, 5) is 15.7. The molecule has 25 heavy (non-hydrogen) atoms. The van der Waals surface area contributed by atoms with Gasteiger partial charge in [0.05, 0.1) is 23.6 Å². The zero-order valence-corrected chi connectivity index (χ0v) is 13.9. The lowest BCUT2D eigenvalue weighted by molar-refractivity contribution is 0.0959. The fraction of sp³-hybridized carbons (Fsp3) is 0.250. The molecule has 5 heteroatoms. The maximum Gasteiger partial charge on any atom is 0.253 e. The van der Waals surface area contributed by atoms with Gasteiger partial charge in [-0.15, -0.1) is 0 Å². The Labute approximate surface area is 145 Å². The molecule has 2 heterocycles. The maximum atomic E-state index is 12.2. The summed E-state index contributed by atoms with van der Waals surface area (Å²) in [6.07, 6.45) is 2.61. The highest BCUT2D eigenvalue weighted by atomic mass is 16.1. The van der Waals surface area contributed by atoms with Crippen molar-refractivity contribution in [3.8, 4) is 11.3 Å². The molecule has 0 spiro atoms. The molecule has 1 aromatic heterocycles. The Morgan fingerprint density at radius 2 is 1.88 bits per heavy atom. The summed E-state index contributed by atoms with van der Waals surface area (Å²) in [5.41, 5.74) is 6.13. The van der Waals surface area contributed by atoms with Crippen molar-refractivity contribution in [3.05, 3.63) is 53.6 Å². The normalized spacial score (nSPS) is 16.4. The van der Waals surface area contributed by atoms with E-state index in [2.05, 4.69) is 45.2 Å². The number of anilines is 1. The van der Waals surface area contributed by atoms with Crippen molar-refractivity contribution in [2.75, 3.05) is 12.0 Å². The van der Waals surface area contributed by atoms with Crippen molar-refractivity contribution in [2.24, 2.45) is 0 Å². The van der Waals surface area contributed by atoms with Crippen LogP contribution in [0.4, 0.5) is 5.69 Å². The van der Waals surface area contributed by atoms with E-state index in [1.54, 1.807) is 0 Å². The minimum atomic E-state index is -0.0381. The van der Waals surface area contributed by atoms with Crippen LogP contribution in [0.15, 0.2) is 42.5 Å². The molecule has 3 aromatic rings. The van der Waals surface area contributed by atoms with Gasteiger partial charge in [0.25, 0.3) is 5.91 Å². The molecule has 5 nitrogen and oxygen atoms in total. The van der Waals surface area contributed by atoms with Crippen molar-refractivity contribution >= 4 is 22.5 Å². The molecule has 0 bridgehead atoms. The van der Waals surface area contributed by atoms with E-state index in [9.17, 15) is 4.79 Å². The highest BCUT2D eigenvalue weighted by molar-refractivity contribution is 6.15. The number of amides is 1. The second-order valence-electron chi connectivity index (χ2n) is 6.81. The first-order valence-corrected chi connectivity index (χ1v) is 8.79. The number of rotatable bonds is 4. The van der Waals surface area contributed by atoms with E-state index in [-0.39, 0.29) is 5.91 Å². The number of nitrogens with one attached hydrogen (secondary N) is 4. The Bertz CT molecular complexity index is 954. The third kappa shape index (κ3) is 2.57.